The fraction of sp³-hybridized carbons (Fsp3) is 0.286. The van der Waals surface area contributed by atoms with Gasteiger partial charge in [0.05, 0.1) is 12.2 Å². The van der Waals surface area contributed by atoms with Crippen LogP contribution in [-0.2, 0) is 4.74 Å². The van der Waals surface area contributed by atoms with Gasteiger partial charge in [0.1, 0.15) is 17.4 Å². The molecule has 0 bridgehead atoms. The lowest BCUT2D eigenvalue weighted by atomic mass is 9.78. The zero-order valence-corrected chi connectivity index (χ0v) is 16.0. The second kappa shape index (κ2) is 7.50. The van der Waals surface area contributed by atoms with E-state index in [0.717, 1.165) is 22.5 Å². The molecule has 0 saturated heterocycles. The molecular weight excluding hydrogens is 338 g/mol. The first-order chi connectivity index (χ1) is 13.0. The number of nitriles is 1. The average Bonchev–Trinajstić information content (AvgIpc) is 3.18. The number of rotatable bonds is 4. The highest BCUT2D eigenvalue weighted by atomic mass is 16.5. The molecule has 2 N–H and O–H groups in total. The van der Waals surface area contributed by atoms with Crippen LogP contribution in [0.3, 0.4) is 0 Å². The van der Waals surface area contributed by atoms with E-state index < -0.39 is 0 Å². The summed E-state index contributed by atoms with van der Waals surface area (Å²) in [6.45, 7) is 6.03. The Labute approximate surface area is 159 Å². The Balaban J connectivity index is 2.12. The van der Waals surface area contributed by atoms with E-state index >= 15 is 0 Å². The van der Waals surface area contributed by atoms with Gasteiger partial charge < -0.3 is 15.0 Å². The number of nitrogens with zero attached hydrogens (tertiary/aromatic N) is 4. The molecule has 6 heteroatoms. The zero-order valence-electron chi connectivity index (χ0n) is 16.0. The summed E-state index contributed by atoms with van der Waals surface area (Å²) >= 11 is 0. The Bertz CT molecular complexity index is 957. The van der Waals surface area contributed by atoms with Gasteiger partial charge in [-0.3, -0.25) is 4.99 Å². The lowest BCUT2D eigenvalue weighted by molar-refractivity contribution is 0.283. The first-order valence-corrected chi connectivity index (χ1v) is 8.81. The topological polar surface area (TPSA) is 89.2 Å². The molecule has 1 aromatic carbocycles. The van der Waals surface area contributed by atoms with Gasteiger partial charge in [0.25, 0.3) is 0 Å². The van der Waals surface area contributed by atoms with Crippen molar-refractivity contribution in [2.45, 2.75) is 26.7 Å². The lowest BCUT2D eigenvalue weighted by Gasteiger charge is -2.30. The molecule has 0 saturated carbocycles. The predicted octanol–water partition coefficient (Wildman–Crippen LogP) is 3.68. The summed E-state index contributed by atoms with van der Waals surface area (Å²) in [5.74, 6) is 0.725. The molecule has 3 rings (SSSR count). The van der Waals surface area contributed by atoms with Crippen LogP contribution in [0.2, 0.25) is 0 Å². The van der Waals surface area contributed by atoms with Crippen molar-refractivity contribution in [1.82, 2.24) is 9.55 Å². The largest absolute Gasteiger partial charge is 0.445 e. The van der Waals surface area contributed by atoms with Gasteiger partial charge in [-0.05, 0) is 30.5 Å². The van der Waals surface area contributed by atoms with E-state index in [9.17, 15) is 5.26 Å². The fourth-order valence-electron chi connectivity index (χ4n) is 3.49. The normalized spacial score (nSPS) is 17.9. The van der Waals surface area contributed by atoms with Crippen molar-refractivity contribution >= 4 is 5.71 Å². The van der Waals surface area contributed by atoms with Crippen molar-refractivity contribution in [3.8, 4) is 11.8 Å². The van der Waals surface area contributed by atoms with Crippen molar-refractivity contribution in [1.29, 1.82) is 5.26 Å². The summed E-state index contributed by atoms with van der Waals surface area (Å²) in [6, 6.07) is 10.3. The summed E-state index contributed by atoms with van der Waals surface area (Å²) in [5, 5.41) is 9.75. The van der Waals surface area contributed by atoms with Crippen LogP contribution >= 0.6 is 0 Å². The smallest absolute Gasteiger partial charge is 0.205 e. The molecule has 1 aromatic heterocycles. The molecule has 1 aliphatic rings. The van der Waals surface area contributed by atoms with Crippen LogP contribution in [0.25, 0.3) is 5.69 Å². The molecule has 0 fully saturated rings. The molecule has 138 valence electrons. The molecule has 6 nitrogen and oxygen atoms in total. The number of allylic oxidation sites excluding steroid dienone is 3. The van der Waals surface area contributed by atoms with E-state index in [4.69, 9.17) is 10.5 Å². The highest BCUT2D eigenvalue weighted by Crippen LogP contribution is 2.40. The molecule has 0 aliphatic carbocycles. The van der Waals surface area contributed by atoms with Crippen LogP contribution in [0.1, 0.15) is 32.3 Å². The van der Waals surface area contributed by atoms with E-state index in [2.05, 4.69) is 29.9 Å². The van der Waals surface area contributed by atoms with Crippen LogP contribution in [-0.4, -0.2) is 22.3 Å². The maximum Gasteiger partial charge on any atom is 0.205 e. The van der Waals surface area contributed by atoms with Gasteiger partial charge in [0.15, 0.2) is 0 Å². The molecule has 1 atom stereocenters. The number of nitrogens with two attached hydrogens (primary N) is 1. The lowest BCUT2D eigenvalue weighted by Crippen LogP contribution is -2.26. The van der Waals surface area contributed by atoms with Crippen molar-refractivity contribution in [2.75, 3.05) is 7.05 Å². The summed E-state index contributed by atoms with van der Waals surface area (Å²) in [4.78, 5) is 8.56. The molecule has 2 heterocycles. The third-order valence-corrected chi connectivity index (χ3v) is 4.70. The fourth-order valence-corrected chi connectivity index (χ4v) is 3.49. The van der Waals surface area contributed by atoms with Gasteiger partial charge in [-0.2, -0.15) is 5.26 Å². The first kappa shape index (κ1) is 18.5. The number of benzene rings is 1. The number of hydrogen-bond donors (Lipinski definition) is 1. The minimum atomic E-state index is -0.304. The van der Waals surface area contributed by atoms with Crippen molar-refractivity contribution < 1.29 is 4.74 Å². The van der Waals surface area contributed by atoms with Gasteiger partial charge in [-0.15, -0.1) is 0 Å². The van der Waals surface area contributed by atoms with E-state index in [1.54, 1.807) is 19.6 Å². The number of hydrogen-bond acceptors (Lipinski definition) is 5. The van der Waals surface area contributed by atoms with Crippen LogP contribution in [0.15, 0.2) is 70.8 Å². The van der Waals surface area contributed by atoms with Gasteiger partial charge in [-0.25, -0.2) is 4.98 Å². The van der Waals surface area contributed by atoms with Gasteiger partial charge >= 0.3 is 0 Å². The minimum absolute atomic E-state index is 0.154. The maximum absolute atomic E-state index is 9.75. The Kier molecular flexibility index (Phi) is 5.13. The third kappa shape index (κ3) is 3.36. The molecule has 1 aliphatic heterocycles. The molecule has 0 amide bonds. The maximum atomic E-state index is 9.75. The standard InChI is InChI=1S/C21H23N5O/c1-13(2)20(24-4)18-14(3)27-21(23)17(11-22)19(18)15-5-7-16(8-6-15)26-10-9-25-12-26/h5-10,12-13,19H,23H2,1-4H3. The Morgan fingerprint density at radius 3 is 2.56 bits per heavy atom. The third-order valence-electron chi connectivity index (χ3n) is 4.70. The molecular formula is C21H23N5O. The number of imidazole rings is 1. The molecule has 0 radical (unpaired) electrons. The number of aromatic nitrogens is 2. The van der Waals surface area contributed by atoms with Crippen LogP contribution in [0.5, 0.6) is 0 Å². The van der Waals surface area contributed by atoms with Crippen LogP contribution in [0, 0.1) is 17.2 Å². The second-order valence-corrected chi connectivity index (χ2v) is 6.72. The van der Waals surface area contributed by atoms with Gasteiger partial charge in [-0.1, -0.05) is 26.0 Å². The monoisotopic (exact) mass is 361 g/mol. The first-order valence-electron chi connectivity index (χ1n) is 8.81. The quantitative estimate of drug-likeness (QED) is 0.841. The Morgan fingerprint density at radius 1 is 1.33 bits per heavy atom. The highest BCUT2D eigenvalue weighted by molar-refractivity contribution is 6.04. The molecule has 1 unspecified atom stereocenters. The van der Waals surface area contributed by atoms with Crippen molar-refractivity contribution in [2.24, 2.45) is 16.6 Å². The molecule has 27 heavy (non-hydrogen) atoms. The number of ether oxygens (including phenoxy) is 1. The van der Waals surface area contributed by atoms with E-state index in [1.807, 2.05) is 42.0 Å². The Morgan fingerprint density at radius 2 is 2.04 bits per heavy atom. The molecule has 2 aromatic rings. The van der Waals surface area contributed by atoms with Crippen molar-refractivity contribution in [3.05, 3.63) is 71.3 Å². The predicted molar refractivity (Wildman–Crippen MR) is 105 cm³/mol. The average molecular weight is 361 g/mol. The summed E-state index contributed by atoms with van der Waals surface area (Å²) < 4.78 is 7.62. The van der Waals surface area contributed by atoms with Crippen molar-refractivity contribution in [3.63, 3.8) is 0 Å². The summed E-state index contributed by atoms with van der Waals surface area (Å²) in [6.07, 6.45) is 5.37. The van der Waals surface area contributed by atoms with Gasteiger partial charge in [0, 0.05) is 36.4 Å². The summed E-state index contributed by atoms with van der Waals surface area (Å²) in [7, 11) is 1.77. The zero-order chi connectivity index (χ0) is 19.6. The highest BCUT2D eigenvalue weighted by Gasteiger charge is 2.34. The Hall–Kier alpha value is -3.33. The van der Waals surface area contributed by atoms with Gasteiger partial charge in [0.2, 0.25) is 5.88 Å². The second-order valence-electron chi connectivity index (χ2n) is 6.72. The van der Waals surface area contributed by atoms with Crippen LogP contribution < -0.4 is 5.73 Å². The minimum Gasteiger partial charge on any atom is -0.445 e. The van der Waals surface area contributed by atoms with E-state index in [-0.39, 0.29) is 17.7 Å². The van der Waals surface area contributed by atoms with E-state index in [1.165, 1.54) is 0 Å². The van der Waals surface area contributed by atoms with Crippen LogP contribution in [0.4, 0.5) is 0 Å². The SMILES string of the molecule is CN=C(C1=C(C)OC(N)=C(C#N)C1c1ccc(-n2ccnc2)cc1)C(C)C. The number of aliphatic imine (C=N–C) groups is 1. The molecule has 0 spiro atoms. The van der Waals surface area contributed by atoms with E-state index in [0.29, 0.717) is 11.3 Å². The summed E-state index contributed by atoms with van der Waals surface area (Å²) in [5.41, 5.74) is 10.2.